The van der Waals surface area contributed by atoms with E-state index in [-0.39, 0.29) is 28.0 Å². The van der Waals surface area contributed by atoms with E-state index in [1.54, 1.807) is 5.38 Å². The molecule has 0 bridgehead atoms. The number of ether oxygens (including phenoxy) is 1. The van der Waals surface area contributed by atoms with E-state index in [4.69, 9.17) is 16.3 Å². The molecular formula is C22H20ClNO4S2. The topological polar surface area (TPSA) is 72.5 Å². The fourth-order valence-corrected chi connectivity index (χ4v) is 6.46. The molecule has 1 amide bonds. The van der Waals surface area contributed by atoms with Crippen molar-refractivity contribution in [3.8, 4) is 5.75 Å². The fraction of sp³-hybridized carbons (Fsp3) is 0.227. The van der Waals surface area contributed by atoms with Gasteiger partial charge in [-0.3, -0.25) is 4.79 Å². The third-order valence-corrected chi connectivity index (χ3v) is 8.22. The highest BCUT2D eigenvalue weighted by atomic mass is 35.5. The van der Waals surface area contributed by atoms with Gasteiger partial charge in [0.1, 0.15) is 10.6 Å². The van der Waals surface area contributed by atoms with E-state index in [1.807, 2.05) is 31.2 Å². The van der Waals surface area contributed by atoms with Crippen molar-refractivity contribution in [3.05, 3.63) is 69.4 Å². The van der Waals surface area contributed by atoms with E-state index in [0.29, 0.717) is 17.3 Å². The Morgan fingerprint density at radius 1 is 1.13 bits per heavy atom. The molecule has 1 aromatic heterocycles. The lowest BCUT2D eigenvalue weighted by atomic mass is 9.90. The minimum absolute atomic E-state index is 0.116. The molecule has 1 atom stereocenters. The number of carbonyl (C=O) groups is 1. The maximum Gasteiger partial charge on any atom is 0.225 e. The fourth-order valence-electron chi connectivity index (χ4n) is 3.43. The van der Waals surface area contributed by atoms with E-state index in [0.717, 1.165) is 22.6 Å². The van der Waals surface area contributed by atoms with Crippen molar-refractivity contribution in [2.75, 3.05) is 11.9 Å². The Hall–Kier alpha value is -2.35. The third-order valence-electron chi connectivity index (χ3n) is 4.92. The molecule has 156 valence electrons. The lowest BCUT2D eigenvalue weighted by Gasteiger charge is -2.24. The number of fused-ring (bicyclic) bond motifs is 1. The van der Waals surface area contributed by atoms with Crippen LogP contribution in [-0.4, -0.2) is 20.9 Å². The average molecular weight is 462 g/mol. The molecular weight excluding hydrogens is 442 g/mol. The minimum Gasteiger partial charge on any atom is -0.494 e. The Kier molecular flexibility index (Phi) is 5.86. The number of hydrogen-bond acceptors (Lipinski definition) is 5. The molecule has 1 aliphatic heterocycles. The molecule has 0 saturated heterocycles. The van der Waals surface area contributed by atoms with E-state index in [9.17, 15) is 13.2 Å². The summed E-state index contributed by atoms with van der Waals surface area (Å²) in [5, 5.41) is 4.84. The first-order valence-corrected chi connectivity index (χ1v) is 12.3. The van der Waals surface area contributed by atoms with Crippen LogP contribution >= 0.6 is 22.9 Å². The zero-order valence-electron chi connectivity index (χ0n) is 16.2. The van der Waals surface area contributed by atoms with E-state index >= 15 is 0 Å². The van der Waals surface area contributed by atoms with Gasteiger partial charge in [0, 0.05) is 27.6 Å². The highest BCUT2D eigenvalue weighted by Gasteiger charge is 2.34. The summed E-state index contributed by atoms with van der Waals surface area (Å²) >= 11 is 7.24. The third kappa shape index (κ3) is 3.97. The maximum absolute atomic E-state index is 13.2. The molecule has 2 aromatic carbocycles. The van der Waals surface area contributed by atoms with Crippen molar-refractivity contribution in [1.82, 2.24) is 0 Å². The molecule has 1 aliphatic rings. The van der Waals surface area contributed by atoms with Crippen molar-refractivity contribution in [2.24, 2.45) is 0 Å². The second kappa shape index (κ2) is 8.41. The largest absolute Gasteiger partial charge is 0.494 e. The Labute approximate surface area is 184 Å². The van der Waals surface area contributed by atoms with Crippen LogP contribution in [0, 0.1) is 0 Å². The van der Waals surface area contributed by atoms with Crippen LogP contribution in [0.25, 0.3) is 0 Å². The summed E-state index contributed by atoms with van der Waals surface area (Å²) in [5.41, 5.74) is 1.33. The van der Waals surface area contributed by atoms with Crippen LogP contribution in [0.3, 0.4) is 0 Å². The van der Waals surface area contributed by atoms with Gasteiger partial charge in [0.2, 0.25) is 15.7 Å². The van der Waals surface area contributed by atoms with E-state index in [1.165, 1.54) is 35.6 Å². The molecule has 0 fully saturated rings. The summed E-state index contributed by atoms with van der Waals surface area (Å²) < 4.78 is 32.0. The van der Waals surface area contributed by atoms with Gasteiger partial charge in [-0.05, 0) is 48.4 Å². The summed E-state index contributed by atoms with van der Waals surface area (Å²) in [4.78, 5) is 13.5. The van der Waals surface area contributed by atoms with Gasteiger partial charge in [-0.25, -0.2) is 8.42 Å². The summed E-state index contributed by atoms with van der Waals surface area (Å²) in [6.45, 7) is 2.69. The van der Waals surface area contributed by atoms with Crippen LogP contribution in [-0.2, 0) is 14.6 Å². The second-order valence-corrected chi connectivity index (χ2v) is 10.3. The average Bonchev–Trinajstić information content (AvgIpc) is 3.17. The van der Waals surface area contributed by atoms with Gasteiger partial charge in [0.05, 0.1) is 17.2 Å². The Bertz CT molecular complexity index is 1170. The Morgan fingerprint density at radius 2 is 1.83 bits per heavy atom. The molecule has 0 aliphatic carbocycles. The number of nitrogens with one attached hydrogen (secondary N) is 1. The summed E-state index contributed by atoms with van der Waals surface area (Å²) in [5.74, 6) is 0.371. The van der Waals surface area contributed by atoms with Gasteiger partial charge in [-0.15, -0.1) is 11.3 Å². The molecule has 0 spiro atoms. The smallest absolute Gasteiger partial charge is 0.225 e. The predicted octanol–water partition coefficient (Wildman–Crippen LogP) is 5.50. The number of rotatable bonds is 6. The zero-order chi connectivity index (χ0) is 21.3. The molecule has 0 unspecified atom stereocenters. The van der Waals surface area contributed by atoms with E-state index < -0.39 is 9.84 Å². The highest BCUT2D eigenvalue weighted by Crippen LogP contribution is 2.46. The van der Waals surface area contributed by atoms with Crippen LogP contribution in [0.4, 0.5) is 5.69 Å². The molecule has 4 rings (SSSR count). The Balaban J connectivity index is 1.71. The van der Waals surface area contributed by atoms with Crippen molar-refractivity contribution < 1.29 is 17.9 Å². The number of sulfone groups is 1. The summed E-state index contributed by atoms with van der Waals surface area (Å²) in [7, 11) is -3.78. The maximum atomic E-state index is 13.2. The van der Waals surface area contributed by atoms with Crippen LogP contribution in [0.2, 0.25) is 5.02 Å². The highest BCUT2D eigenvalue weighted by molar-refractivity contribution is 7.91. The first-order valence-electron chi connectivity index (χ1n) is 9.54. The standard InChI is InChI=1S/C22H20ClNO4S2/c1-2-11-28-16-7-3-14(4-8-16)18-12-20(25)24-21-19(13-29-22(18)21)30(26,27)17-9-5-15(23)6-10-17/h3-10,13,18H,2,11-12H2,1H3,(H,24,25)/t18-/m1/s1. The molecule has 5 nitrogen and oxygen atoms in total. The zero-order valence-corrected chi connectivity index (χ0v) is 18.6. The van der Waals surface area contributed by atoms with Crippen LogP contribution in [0.15, 0.2) is 63.7 Å². The molecule has 3 aromatic rings. The Morgan fingerprint density at radius 3 is 2.50 bits per heavy atom. The van der Waals surface area contributed by atoms with E-state index in [2.05, 4.69) is 5.32 Å². The monoisotopic (exact) mass is 461 g/mol. The van der Waals surface area contributed by atoms with Gasteiger partial charge in [-0.1, -0.05) is 30.7 Å². The molecule has 8 heteroatoms. The van der Waals surface area contributed by atoms with Crippen molar-refractivity contribution in [1.29, 1.82) is 0 Å². The van der Waals surface area contributed by atoms with Gasteiger partial charge in [-0.2, -0.15) is 0 Å². The number of amides is 1. The molecule has 1 N–H and O–H groups in total. The number of benzene rings is 2. The molecule has 0 radical (unpaired) electrons. The van der Waals surface area contributed by atoms with Crippen molar-refractivity contribution >= 4 is 44.4 Å². The molecule has 0 saturated carbocycles. The summed E-state index contributed by atoms with van der Waals surface area (Å²) in [6.07, 6.45) is 1.19. The number of halogens is 1. The number of carbonyl (C=O) groups excluding carboxylic acids is 1. The van der Waals surface area contributed by atoms with Crippen molar-refractivity contribution in [2.45, 2.75) is 35.5 Å². The molecule has 2 heterocycles. The lowest BCUT2D eigenvalue weighted by molar-refractivity contribution is -0.116. The van der Waals surface area contributed by atoms with Gasteiger partial charge in [0.25, 0.3) is 0 Å². The van der Waals surface area contributed by atoms with Gasteiger partial charge >= 0.3 is 0 Å². The number of thiophene rings is 1. The molecule has 30 heavy (non-hydrogen) atoms. The van der Waals surface area contributed by atoms with Crippen LogP contribution in [0.1, 0.15) is 36.1 Å². The normalized spacial score (nSPS) is 16.1. The van der Waals surface area contributed by atoms with Gasteiger partial charge in [0.15, 0.2) is 0 Å². The number of anilines is 1. The lowest BCUT2D eigenvalue weighted by Crippen LogP contribution is -2.23. The first kappa shape index (κ1) is 20.9. The minimum atomic E-state index is -3.78. The number of hydrogen-bond donors (Lipinski definition) is 1. The quantitative estimate of drug-likeness (QED) is 0.526. The summed E-state index contributed by atoms with van der Waals surface area (Å²) in [6, 6.07) is 13.7. The second-order valence-electron chi connectivity index (χ2n) is 7.02. The first-order chi connectivity index (χ1) is 14.4. The van der Waals surface area contributed by atoms with Gasteiger partial charge < -0.3 is 10.1 Å². The van der Waals surface area contributed by atoms with Crippen molar-refractivity contribution in [3.63, 3.8) is 0 Å². The van der Waals surface area contributed by atoms with Crippen LogP contribution in [0.5, 0.6) is 5.75 Å². The SMILES string of the molecule is CCCOc1ccc([C@H]2CC(=O)Nc3c(S(=O)(=O)c4ccc(Cl)cc4)csc32)cc1. The predicted molar refractivity (Wildman–Crippen MR) is 119 cm³/mol. The van der Waals surface area contributed by atoms with Crippen LogP contribution < -0.4 is 10.1 Å².